The predicted molar refractivity (Wildman–Crippen MR) is 74.0 cm³/mol. The second kappa shape index (κ2) is 4.42. The van der Waals surface area contributed by atoms with E-state index < -0.39 is 0 Å². The SMILES string of the molecule is Cc1nc(N2CCc3ccccc32)ccc1CN. The standard InChI is InChI=1S/C15H17N3/c1-11-13(10-16)6-7-15(17-11)18-9-8-12-4-2-3-5-14(12)18/h2-7H,8-10,16H2,1H3. The van der Waals surface area contributed by atoms with Gasteiger partial charge in [-0.2, -0.15) is 0 Å². The second-order valence-corrected chi connectivity index (χ2v) is 4.65. The quantitative estimate of drug-likeness (QED) is 0.875. The van der Waals surface area contributed by atoms with Crippen molar-refractivity contribution in [1.82, 2.24) is 4.98 Å². The maximum atomic E-state index is 5.68. The average molecular weight is 239 g/mol. The Morgan fingerprint density at radius 1 is 1.22 bits per heavy atom. The number of hydrogen-bond donors (Lipinski definition) is 1. The lowest BCUT2D eigenvalue weighted by Crippen LogP contribution is -2.15. The highest BCUT2D eigenvalue weighted by Gasteiger charge is 2.20. The Kier molecular flexibility index (Phi) is 2.76. The van der Waals surface area contributed by atoms with Crippen molar-refractivity contribution in [2.75, 3.05) is 11.4 Å². The average Bonchev–Trinajstić information content (AvgIpc) is 2.82. The van der Waals surface area contributed by atoms with Gasteiger partial charge in [0.2, 0.25) is 0 Å². The summed E-state index contributed by atoms with van der Waals surface area (Å²) >= 11 is 0. The Balaban J connectivity index is 2.00. The fraction of sp³-hybridized carbons (Fsp3) is 0.267. The fourth-order valence-electron chi connectivity index (χ4n) is 2.52. The number of nitrogens with two attached hydrogens (primary N) is 1. The number of nitrogens with zero attached hydrogens (tertiary/aromatic N) is 2. The first kappa shape index (κ1) is 11.2. The molecule has 3 heteroatoms. The summed E-state index contributed by atoms with van der Waals surface area (Å²) in [4.78, 5) is 6.95. The van der Waals surface area contributed by atoms with Crippen LogP contribution >= 0.6 is 0 Å². The van der Waals surface area contributed by atoms with Crippen LogP contribution in [0.2, 0.25) is 0 Å². The zero-order valence-corrected chi connectivity index (χ0v) is 10.6. The maximum Gasteiger partial charge on any atom is 0.133 e. The van der Waals surface area contributed by atoms with Gasteiger partial charge in [-0.3, -0.25) is 0 Å². The van der Waals surface area contributed by atoms with Crippen molar-refractivity contribution in [2.24, 2.45) is 5.73 Å². The van der Waals surface area contributed by atoms with Crippen molar-refractivity contribution in [3.05, 3.63) is 53.2 Å². The summed E-state index contributed by atoms with van der Waals surface area (Å²) in [7, 11) is 0. The van der Waals surface area contributed by atoms with Gasteiger partial charge in [0, 0.05) is 24.5 Å². The molecule has 0 radical (unpaired) electrons. The molecule has 0 aliphatic carbocycles. The summed E-state index contributed by atoms with van der Waals surface area (Å²) in [5.74, 6) is 1.02. The number of aryl methyl sites for hydroxylation is 1. The maximum absolute atomic E-state index is 5.68. The first-order valence-corrected chi connectivity index (χ1v) is 6.31. The minimum atomic E-state index is 0.551. The summed E-state index contributed by atoms with van der Waals surface area (Å²) in [5.41, 5.74) is 10.5. The molecule has 3 rings (SSSR count). The van der Waals surface area contributed by atoms with Crippen LogP contribution in [0.25, 0.3) is 0 Å². The molecule has 0 atom stereocenters. The molecule has 3 nitrogen and oxygen atoms in total. The smallest absolute Gasteiger partial charge is 0.133 e. The lowest BCUT2D eigenvalue weighted by molar-refractivity contribution is 0.946. The highest BCUT2D eigenvalue weighted by molar-refractivity contribution is 5.67. The van der Waals surface area contributed by atoms with Crippen molar-refractivity contribution in [3.8, 4) is 0 Å². The van der Waals surface area contributed by atoms with Gasteiger partial charge in [-0.25, -0.2) is 4.98 Å². The Morgan fingerprint density at radius 3 is 2.83 bits per heavy atom. The molecule has 1 aliphatic rings. The van der Waals surface area contributed by atoms with Crippen LogP contribution in [-0.4, -0.2) is 11.5 Å². The summed E-state index contributed by atoms with van der Waals surface area (Å²) in [5, 5.41) is 0. The number of rotatable bonds is 2. The topological polar surface area (TPSA) is 42.2 Å². The minimum Gasteiger partial charge on any atom is -0.326 e. The Hall–Kier alpha value is -1.87. The highest BCUT2D eigenvalue weighted by Crippen LogP contribution is 2.33. The van der Waals surface area contributed by atoms with Gasteiger partial charge in [0.1, 0.15) is 5.82 Å². The molecule has 0 saturated carbocycles. The molecule has 18 heavy (non-hydrogen) atoms. The number of anilines is 2. The summed E-state index contributed by atoms with van der Waals surface area (Å²) < 4.78 is 0. The number of para-hydroxylation sites is 1. The lowest BCUT2D eigenvalue weighted by Gasteiger charge is -2.19. The van der Waals surface area contributed by atoms with Crippen LogP contribution in [0.5, 0.6) is 0 Å². The van der Waals surface area contributed by atoms with Gasteiger partial charge in [0.05, 0.1) is 0 Å². The predicted octanol–water partition coefficient (Wildman–Crippen LogP) is 2.54. The third kappa shape index (κ3) is 1.77. The molecule has 92 valence electrons. The Labute approximate surface area is 107 Å². The Morgan fingerprint density at radius 2 is 2.06 bits per heavy atom. The summed E-state index contributed by atoms with van der Waals surface area (Å²) in [6.07, 6.45) is 1.09. The highest BCUT2D eigenvalue weighted by atomic mass is 15.2. The van der Waals surface area contributed by atoms with Gasteiger partial charge in [-0.05, 0) is 36.6 Å². The van der Waals surface area contributed by atoms with Crippen LogP contribution < -0.4 is 10.6 Å². The summed E-state index contributed by atoms with van der Waals surface area (Å²) in [6.45, 7) is 3.58. The van der Waals surface area contributed by atoms with E-state index in [9.17, 15) is 0 Å². The molecule has 1 aromatic carbocycles. The number of aromatic nitrogens is 1. The van der Waals surface area contributed by atoms with E-state index >= 15 is 0 Å². The van der Waals surface area contributed by atoms with Crippen LogP contribution in [-0.2, 0) is 13.0 Å². The molecule has 1 aliphatic heterocycles. The molecular weight excluding hydrogens is 222 g/mol. The monoisotopic (exact) mass is 239 g/mol. The van der Waals surface area contributed by atoms with E-state index in [0.29, 0.717) is 6.54 Å². The van der Waals surface area contributed by atoms with Crippen molar-refractivity contribution in [3.63, 3.8) is 0 Å². The molecule has 1 aromatic heterocycles. The normalized spacial score (nSPS) is 13.8. The van der Waals surface area contributed by atoms with Gasteiger partial charge < -0.3 is 10.6 Å². The molecule has 2 heterocycles. The molecule has 2 aromatic rings. The van der Waals surface area contributed by atoms with E-state index in [-0.39, 0.29) is 0 Å². The molecule has 0 amide bonds. The molecule has 0 saturated heterocycles. The van der Waals surface area contributed by atoms with Crippen LogP contribution in [0, 0.1) is 6.92 Å². The van der Waals surface area contributed by atoms with E-state index in [1.807, 2.05) is 6.92 Å². The Bertz CT molecular complexity index is 578. The van der Waals surface area contributed by atoms with Gasteiger partial charge in [-0.15, -0.1) is 0 Å². The van der Waals surface area contributed by atoms with E-state index in [2.05, 4.69) is 46.3 Å². The first-order chi connectivity index (χ1) is 8.79. The van der Waals surface area contributed by atoms with Gasteiger partial charge in [0.15, 0.2) is 0 Å². The van der Waals surface area contributed by atoms with Crippen molar-refractivity contribution in [1.29, 1.82) is 0 Å². The van der Waals surface area contributed by atoms with Gasteiger partial charge in [0.25, 0.3) is 0 Å². The minimum absolute atomic E-state index is 0.551. The summed E-state index contributed by atoms with van der Waals surface area (Å²) in [6, 6.07) is 12.7. The molecule has 0 bridgehead atoms. The molecule has 0 unspecified atom stereocenters. The van der Waals surface area contributed by atoms with E-state index in [1.54, 1.807) is 0 Å². The number of fused-ring (bicyclic) bond motifs is 1. The molecule has 2 N–H and O–H groups in total. The zero-order chi connectivity index (χ0) is 12.5. The van der Waals surface area contributed by atoms with Crippen LogP contribution in [0.15, 0.2) is 36.4 Å². The molecular formula is C15H17N3. The van der Waals surface area contributed by atoms with Crippen LogP contribution in [0.3, 0.4) is 0 Å². The van der Waals surface area contributed by atoms with E-state index in [4.69, 9.17) is 5.73 Å². The third-order valence-corrected chi connectivity index (χ3v) is 3.56. The fourth-order valence-corrected chi connectivity index (χ4v) is 2.52. The van der Waals surface area contributed by atoms with Crippen molar-refractivity contribution < 1.29 is 0 Å². The zero-order valence-electron chi connectivity index (χ0n) is 10.6. The largest absolute Gasteiger partial charge is 0.326 e. The number of benzene rings is 1. The van der Waals surface area contributed by atoms with Crippen LogP contribution in [0.1, 0.15) is 16.8 Å². The number of pyridine rings is 1. The van der Waals surface area contributed by atoms with E-state index in [1.165, 1.54) is 11.3 Å². The first-order valence-electron chi connectivity index (χ1n) is 6.31. The van der Waals surface area contributed by atoms with Gasteiger partial charge >= 0.3 is 0 Å². The number of hydrogen-bond acceptors (Lipinski definition) is 3. The molecule has 0 fully saturated rings. The van der Waals surface area contributed by atoms with Crippen LogP contribution in [0.4, 0.5) is 11.5 Å². The van der Waals surface area contributed by atoms with Gasteiger partial charge in [-0.1, -0.05) is 24.3 Å². The van der Waals surface area contributed by atoms with E-state index in [0.717, 1.165) is 30.0 Å². The third-order valence-electron chi connectivity index (χ3n) is 3.56. The van der Waals surface area contributed by atoms with Crippen molar-refractivity contribution in [2.45, 2.75) is 19.9 Å². The molecule has 0 spiro atoms. The van der Waals surface area contributed by atoms with Crippen molar-refractivity contribution >= 4 is 11.5 Å². The lowest BCUT2D eigenvalue weighted by atomic mass is 10.2. The second-order valence-electron chi connectivity index (χ2n) is 4.65.